The number of carbonyl (C=O) groups is 2. The van der Waals surface area contributed by atoms with Gasteiger partial charge in [0.1, 0.15) is 0 Å². The fourth-order valence-corrected chi connectivity index (χ4v) is 0.801. The number of hydrogen-bond donors (Lipinski definition) is 1. The average molecular weight is 200 g/mol. The first-order valence-electron chi connectivity index (χ1n) is 3.63. The van der Waals surface area contributed by atoms with Crippen LogP contribution in [0.2, 0.25) is 0 Å². The van der Waals surface area contributed by atoms with Gasteiger partial charge in [-0.25, -0.2) is 4.79 Å². The summed E-state index contributed by atoms with van der Waals surface area (Å²) >= 11 is 0. The number of nitrogens with one attached hydrogen (secondary N) is 1. The van der Waals surface area contributed by atoms with E-state index in [-0.39, 0.29) is 5.56 Å². The summed E-state index contributed by atoms with van der Waals surface area (Å²) in [4.78, 5) is 21.4. The van der Waals surface area contributed by atoms with Crippen LogP contribution in [-0.2, 0) is 0 Å². The Hall–Kier alpha value is -1.98. The first kappa shape index (κ1) is 10.1. The van der Waals surface area contributed by atoms with Crippen LogP contribution >= 0.6 is 0 Å². The minimum atomic E-state index is -1.75. The number of urea groups is 1. The van der Waals surface area contributed by atoms with E-state index in [1.807, 2.05) is 0 Å². The SMILES string of the molecule is O=C(NC(=O)N(F)F)c1ccccc1. The van der Waals surface area contributed by atoms with Gasteiger partial charge in [0.25, 0.3) is 5.91 Å². The molecule has 4 nitrogen and oxygen atoms in total. The quantitative estimate of drug-likeness (QED) is 0.700. The summed E-state index contributed by atoms with van der Waals surface area (Å²) in [5, 5.41) is -0.200. The van der Waals surface area contributed by atoms with Gasteiger partial charge >= 0.3 is 6.03 Å². The van der Waals surface area contributed by atoms with E-state index >= 15 is 0 Å². The predicted molar refractivity (Wildman–Crippen MR) is 43.4 cm³/mol. The highest BCUT2D eigenvalue weighted by atomic mass is 19.4. The summed E-state index contributed by atoms with van der Waals surface area (Å²) in [5.41, 5.74) is 0.141. The van der Waals surface area contributed by atoms with E-state index in [1.165, 1.54) is 17.4 Å². The molecule has 0 aliphatic rings. The molecule has 0 unspecified atom stereocenters. The Morgan fingerprint density at radius 3 is 2.21 bits per heavy atom. The zero-order chi connectivity index (χ0) is 10.6. The second kappa shape index (κ2) is 4.31. The Morgan fingerprint density at radius 1 is 1.14 bits per heavy atom. The first-order chi connectivity index (χ1) is 6.61. The Balaban J connectivity index is 2.65. The molecule has 1 N–H and O–H groups in total. The Labute approximate surface area is 78.0 Å². The van der Waals surface area contributed by atoms with Crippen molar-refractivity contribution in [3.63, 3.8) is 0 Å². The molecule has 0 heterocycles. The third-order valence-electron chi connectivity index (χ3n) is 1.41. The van der Waals surface area contributed by atoms with Gasteiger partial charge in [-0.15, -0.1) is 0 Å². The molecule has 0 aromatic heterocycles. The Morgan fingerprint density at radius 2 is 1.71 bits per heavy atom. The van der Waals surface area contributed by atoms with E-state index in [0.29, 0.717) is 0 Å². The van der Waals surface area contributed by atoms with E-state index in [0.717, 1.165) is 0 Å². The van der Waals surface area contributed by atoms with E-state index in [4.69, 9.17) is 0 Å². The highest BCUT2D eigenvalue weighted by Crippen LogP contribution is 1.99. The Bertz CT molecular complexity index is 340. The number of nitrogens with zero attached hydrogens (tertiary/aromatic N) is 1. The molecule has 0 radical (unpaired) electrons. The maximum Gasteiger partial charge on any atom is 0.383 e. The molecule has 0 spiro atoms. The summed E-state index contributed by atoms with van der Waals surface area (Å²) in [6, 6.07) is 5.84. The minimum absolute atomic E-state index is 0.141. The van der Waals surface area contributed by atoms with Gasteiger partial charge in [-0.05, 0) is 12.1 Å². The second-order valence-corrected chi connectivity index (χ2v) is 2.36. The highest BCUT2D eigenvalue weighted by molar-refractivity contribution is 6.03. The van der Waals surface area contributed by atoms with Gasteiger partial charge in [-0.2, -0.15) is 0 Å². The fourth-order valence-electron chi connectivity index (χ4n) is 0.801. The summed E-state index contributed by atoms with van der Waals surface area (Å²) in [7, 11) is 0. The molecular weight excluding hydrogens is 194 g/mol. The summed E-state index contributed by atoms with van der Waals surface area (Å²) in [5.74, 6) is -0.865. The van der Waals surface area contributed by atoms with Crippen LogP contribution in [0.15, 0.2) is 30.3 Å². The molecule has 1 aromatic rings. The standard InChI is InChI=1S/C8H6F2N2O2/c9-12(10)8(14)11-7(13)6-4-2-1-3-5-6/h1-5H,(H,11,13,14). The third-order valence-corrected chi connectivity index (χ3v) is 1.41. The smallest absolute Gasteiger partial charge is 0.270 e. The van der Waals surface area contributed by atoms with Crippen LogP contribution in [0.3, 0.4) is 0 Å². The maximum absolute atomic E-state index is 11.6. The molecule has 0 fully saturated rings. The topological polar surface area (TPSA) is 49.4 Å². The molecule has 1 rings (SSSR count). The minimum Gasteiger partial charge on any atom is -0.270 e. The van der Waals surface area contributed by atoms with Gasteiger partial charge < -0.3 is 0 Å². The molecule has 1 aromatic carbocycles. The molecule has 14 heavy (non-hydrogen) atoms. The largest absolute Gasteiger partial charge is 0.383 e. The lowest BCUT2D eigenvalue weighted by Crippen LogP contribution is -2.35. The first-order valence-corrected chi connectivity index (χ1v) is 3.63. The molecule has 0 saturated carbocycles. The molecule has 0 atom stereocenters. The van der Waals surface area contributed by atoms with Crippen molar-refractivity contribution >= 4 is 11.9 Å². The summed E-state index contributed by atoms with van der Waals surface area (Å²) in [6.07, 6.45) is 0. The van der Waals surface area contributed by atoms with E-state index < -0.39 is 17.3 Å². The zero-order valence-corrected chi connectivity index (χ0v) is 6.91. The van der Waals surface area contributed by atoms with Crippen molar-refractivity contribution < 1.29 is 18.6 Å². The highest BCUT2D eigenvalue weighted by Gasteiger charge is 2.15. The van der Waals surface area contributed by atoms with E-state index in [2.05, 4.69) is 0 Å². The second-order valence-electron chi connectivity index (χ2n) is 2.36. The van der Waals surface area contributed by atoms with Crippen molar-refractivity contribution in [2.75, 3.05) is 0 Å². The van der Waals surface area contributed by atoms with Gasteiger partial charge in [0.15, 0.2) is 0 Å². The molecule has 0 aliphatic carbocycles. The van der Waals surface area contributed by atoms with Crippen LogP contribution in [0.1, 0.15) is 10.4 Å². The van der Waals surface area contributed by atoms with Crippen molar-refractivity contribution in [3.05, 3.63) is 35.9 Å². The maximum atomic E-state index is 11.6. The van der Waals surface area contributed by atoms with Gasteiger partial charge in [0.2, 0.25) is 0 Å². The van der Waals surface area contributed by atoms with Crippen LogP contribution in [0.4, 0.5) is 13.8 Å². The van der Waals surface area contributed by atoms with Crippen molar-refractivity contribution in [1.82, 2.24) is 10.7 Å². The number of benzene rings is 1. The predicted octanol–water partition coefficient (Wildman–Crippen LogP) is 1.61. The molecule has 0 saturated heterocycles. The summed E-state index contributed by atoms with van der Waals surface area (Å²) in [6.45, 7) is 0. The average Bonchev–Trinajstić information content (AvgIpc) is 2.19. The van der Waals surface area contributed by atoms with E-state index in [9.17, 15) is 18.6 Å². The van der Waals surface area contributed by atoms with Crippen LogP contribution < -0.4 is 5.32 Å². The zero-order valence-electron chi connectivity index (χ0n) is 6.91. The van der Waals surface area contributed by atoms with Crippen molar-refractivity contribution in [2.45, 2.75) is 0 Å². The lowest BCUT2D eigenvalue weighted by atomic mass is 10.2. The number of imide groups is 1. The van der Waals surface area contributed by atoms with Crippen LogP contribution in [0.5, 0.6) is 0 Å². The molecule has 0 bridgehead atoms. The van der Waals surface area contributed by atoms with Crippen molar-refractivity contribution in [1.29, 1.82) is 0 Å². The fraction of sp³-hybridized carbons (Fsp3) is 0. The monoisotopic (exact) mass is 200 g/mol. The van der Waals surface area contributed by atoms with Crippen molar-refractivity contribution in [3.8, 4) is 0 Å². The number of halogens is 2. The molecule has 3 amide bonds. The molecule has 74 valence electrons. The summed E-state index contributed by atoms with van der Waals surface area (Å²) < 4.78 is 23.1. The number of amides is 3. The normalized spacial score (nSPS) is 9.29. The lowest BCUT2D eigenvalue weighted by molar-refractivity contribution is -0.0980. The molecule has 6 heteroatoms. The molecular formula is C8H6F2N2O2. The van der Waals surface area contributed by atoms with Crippen molar-refractivity contribution in [2.24, 2.45) is 0 Å². The number of hydrogen-bond acceptors (Lipinski definition) is 2. The van der Waals surface area contributed by atoms with Crippen LogP contribution in [-0.4, -0.2) is 17.3 Å². The number of rotatable bonds is 1. The van der Waals surface area contributed by atoms with Gasteiger partial charge in [-0.1, -0.05) is 27.2 Å². The van der Waals surface area contributed by atoms with Gasteiger partial charge in [0.05, 0.1) is 0 Å². The van der Waals surface area contributed by atoms with Crippen LogP contribution in [0.25, 0.3) is 0 Å². The number of carbonyl (C=O) groups excluding carboxylic acids is 2. The molecule has 0 aliphatic heterocycles. The third kappa shape index (κ3) is 2.51. The Kier molecular flexibility index (Phi) is 3.11. The van der Waals surface area contributed by atoms with E-state index in [1.54, 1.807) is 18.2 Å². The van der Waals surface area contributed by atoms with Gasteiger partial charge in [0, 0.05) is 10.9 Å². The lowest BCUT2D eigenvalue weighted by Gasteiger charge is -2.02. The van der Waals surface area contributed by atoms with Crippen LogP contribution in [0, 0.1) is 0 Å². The van der Waals surface area contributed by atoms with Gasteiger partial charge in [-0.3, -0.25) is 10.1 Å².